The lowest BCUT2D eigenvalue weighted by atomic mass is 9.93. The molecule has 0 aliphatic carbocycles. The molecule has 1 aliphatic heterocycles. The first-order valence-electron chi connectivity index (χ1n) is 8.14. The second-order valence-electron chi connectivity index (χ2n) is 6.49. The van der Waals surface area contributed by atoms with Crippen LogP contribution in [0.1, 0.15) is 25.6 Å². The minimum atomic E-state index is -0.739. The van der Waals surface area contributed by atoms with E-state index in [0.29, 0.717) is 18.6 Å². The summed E-state index contributed by atoms with van der Waals surface area (Å²) < 4.78 is 0. The molecule has 2 atom stereocenters. The molecular weight excluding hydrogens is 306 g/mol. The minimum Gasteiger partial charge on any atom is -0.481 e. The van der Waals surface area contributed by atoms with Crippen molar-refractivity contribution in [3.8, 4) is 0 Å². The molecule has 0 bridgehead atoms. The largest absolute Gasteiger partial charge is 0.481 e. The van der Waals surface area contributed by atoms with Gasteiger partial charge in [-0.3, -0.25) is 4.79 Å². The number of nitrogens with zero attached hydrogens (tertiary/aromatic N) is 4. The fourth-order valence-electron chi connectivity index (χ4n) is 3.54. The van der Waals surface area contributed by atoms with Crippen LogP contribution in [0.25, 0.3) is 21.9 Å². The van der Waals surface area contributed by atoms with Crippen LogP contribution in [0, 0.1) is 12.8 Å². The van der Waals surface area contributed by atoms with Crippen molar-refractivity contribution < 1.29 is 9.90 Å². The van der Waals surface area contributed by atoms with Gasteiger partial charge in [0, 0.05) is 24.2 Å². The highest BCUT2D eigenvalue weighted by Crippen LogP contribution is 2.34. The standard InChI is InChI=1S/C17H19N5O2/c1-9-3-4-11(17(23)24)8-22(9)16-14-12-5-6-18-15(12)19-7-13(14)20-10(2)21-16/h5-7,9,11H,3-4,8H2,1-2H3,(H,20,21)(H,23,24). The topological polar surface area (TPSA) is 95.0 Å². The third-order valence-corrected chi connectivity index (χ3v) is 4.85. The molecule has 4 rings (SSSR count). The molecule has 1 fully saturated rings. The number of aryl methyl sites for hydroxylation is 1. The summed E-state index contributed by atoms with van der Waals surface area (Å²) in [7, 11) is 0. The van der Waals surface area contributed by atoms with Crippen molar-refractivity contribution in [3.63, 3.8) is 0 Å². The van der Waals surface area contributed by atoms with Gasteiger partial charge in [0.2, 0.25) is 0 Å². The summed E-state index contributed by atoms with van der Waals surface area (Å²) >= 11 is 0. The Labute approximate surface area is 138 Å². The second-order valence-corrected chi connectivity index (χ2v) is 6.49. The van der Waals surface area contributed by atoms with Crippen LogP contribution in [0.15, 0.2) is 18.5 Å². The molecular formula is C17H19N5O2. The van der Waals surface area contributed by atoms with Crippen LogP contribution in [-0.4, -0.2) is 43.6 Å². The van der Waals surface area contributed by atoms with Crippen molar-refractivity contribution in [1.29, 1.82) is 0 Å². The summed E-state index contributed by atoms with van der Waals surface area (Å²) in [6.07, 6.45) is 5.05. The Hall–Kier alpha value is -2.70. The Kier molecular flexibility index (Phi) is 3.37. The van der Waals surface area contributed by atoms with E-state index in [1.807, 2.05) is 13.0 Å². The Bertz CT molecular complexity index is 935. The maximum atomic E-state index is 11.5. The first-order chi connectivity index (χ1) is 11.5. The van der Waals surface area contributed by atoms with Crippen molar-refractivity contribution in [2.75, 3.05) is 11.4 Å². The average molecular weight is 325 g/mol. The predicted molar refractivity (Wildman–Crippen MR) is 91.1 cm³/mol. The van der Waals surface area contributed by atoms with E-state index in [2.05, 4.69) is 26.8 Å². The highest BCUT2D eigenvalue weighted by atomic mass is 16.4. The van der Waals surface area contributed by atoms with Gasteiger partial charge < -0.3 is 15.0 Å². The second kappa shape index (κ2) is 5.43. The number of hydrogen-bond acceptors (Lipinski definition) is 5. The molecule has 2 N–H and O–H groups in total. The molecule has 1 aliphatic rings. The number of pyridine rings is 1. The van der Waals surface area contributed by atoms with Gasteiger partial charge in [-0.25, -0.2) is 15.0 Å². The number of H-pyrrole nitrogens is 1. The van der Waals surface area contributed by atoms with Gasteiger partial charge >= 0.3 is 5.97 Å². The van der Waals surface area contributed by atoms with Crippen molar-refractivity contribution in [1.82, 2.24) is 19.9 Å². The molecule has 24 heavy (non-hydrogen) atoms. The average Bonchev–Trinajstić information content (AvgIpc) is 3.02. The van der Waals surface area contributed by atoms with Crippen LogP contribution in [0.3, 0.4) is 0 Å². The predicted octanol–water partition coefficient (Wildman–Crippen LogP) is 2.50. The Balaban J connectivity index is 1.94. The lowest BCUT2D eigenvalue weighted by Crippen LogP contribution is -2.44. The van der Waals surface area contributed by atoms with Crippen LogP contribution >= 0.6 is 0 Å². The Morgan fingerprint density at radius 3 is 3.00 bits per heavy atom. The first-order valence-corrected chi connectivity index (χ1v) is 8.14. The zero-order valence-corrected chi connectivity index (χ0v) is 13.7. The fourth-order valence-corrected chi connectivity index (χ4v) is 3.54. The van der Waals surface area contributed by atoms with Gasteiger partial charge in [-0.05, 0) is 32.8 Å². The van der Waals surface area contributed by atoms with Crippen LogP contribution in [0.4, 0.5) is 5.82 Å². The van der Waals surface area contributed by atoms with E-state index in [0.717, 1.165) is 34.4 Å². The van der Waals surface area contributed by atoms with Gasteiger partial charge in [0.25, 0.3) is 0 Å². The lowest BCUT2D eigenvalue weighted by Gasteiger charge is -2.38. The van der Waals surface area contributed by atoms with E-state index in [1.54, 1.807) is 12.4 Å². The summed E-state index contributed by atoms with van der Waals surface area (Å²) in [6, 6.07) is 2.17. The molecule has 4 heterocycles. The highest BCUT2D eigenvalue weighted by molar-refractivity contribution is 6.09. The van der Waals surface area contributed by atoms with Gasteiger partial charge in [-0.2, -0.15) is 0 Å². The van der Waals surface area contributed by atoms with Gasteiger partial charge in [-0.15, -0.1) is 0 Å². The smallest absolute Gasteiger partial charge is 0.308 e. The van der Waals surface area contributed by atoms with Crippen LogP contribution in [0.2, 0.25) is 0 Å². The van der Waals surface area contributed by atoms with Crippen LogP contribution in [0.5, 0.6) is 0 Å². The number of carboxylic acid groups (broad SMARTS) is 1. The summed E-state index contributed by atoms with van der Waals surface area (Å²) in [5.74, 6) is 0.498. The van der Waals surface area contributed by atoms with Gasteiger partial charge in [-0.1, -0.05) is 0 Å². The Morgan fingerprint density at radius 1 is 1.38 bits per heavy atom. The zero-order valence-electron chi connectivity index (χ0n) is 13.7. The Morgan fingerprint density at radius 2 is 2.21 bits per heavy atom. The first kappa shape index (κ1) is 14.9. The van der Waals surface area contributed by atoms with E-state index in [-0.39, 0.29) is 12.0 Å². The number of piperidine rings is 1. The van der Waals surface area contributed by atoms with E-state index in [4.69, 9.17) is 4.98 Å². The van der Waals surface area contributed by atoms with E-state index < -0.39 is 5.97 Å². The molecule has 7 nitrogen and oxygen atoms in total. The fraction of sp³-hybridized carbons (Fsp3) is 0.412. The molecule has 0 spiro atoms. The highest BCUT2D eigenvalue weighted by Gasteiger charge is 2.32. The number of hydrogen-bond donors (Lipinski definition) is 2. The summed E-state index contributed by atoms with van der Waals surface area (Å²) in [5.41, 5.74) is 1.57. The number of anilines is 1. The normalized spacial score (nSPS) is 21.5. The maximum absolute atomic E-state index is 11.5. The number of aromatic nitrogens is 4. The number of aromatic amines is 1. The molecule has 3 aromatic heterocycles. The van der Waals surface area contributed by atoms with E-state index in [1.165, 1.54) is 0 Å². The number of rotatable bonds is 2. The van der Waals surface area contributed by atoms with Gasteiger partial charge in [0.05, 0.1) is 23.0 Å². The minimum absolute atomic E-state index is 0.240. The van der Waals surface area contributed by atoms with E-state index in [9.17, 15) is 9.90 Å². The molecule has 1 saturated heterocycles. The van der Waals surface area contributed by atoms with Crippen molar-refractivity contribution in [2.24, 2.45) is 5.92 Å². The van der Waals surface area contributed by atoms with Crippen molar-refractivity contribution >= 4 is 33.7 Å². The number of aliphatic carboxylic acids is 1. The van der Waals surface area contributed by atoms with Crippen molar-refractivity contribution in [2.45, 2.75) is 32.7 Å². The molecule has 2 unspecified atom stereocenters. The quantitative estimate of drug-likeness (QED) is 0.751. The summed E-state index contributed by atoms with van der Waals surface area (Å²) in [4.78, 5) is 30.2. The SMILES string of the molecule is Cc1nc(N2CC(C(=O)O)CCC2C)c2c(cnc3nccc32)[nH]1. The lowest BCUT2D eigenvalue weighted by molar-refractivity contribution is -0.142. The number of carbonyl (C=O) groups is 1. The molecule has 0 radical (unpaired) electrons. The van der Waals surface area contributed by atoms with Crippen LogP contribution < -0.4 is 4.90 Å². The van der Waals surface area contributed by atoms with Gasteiger partial charge in [0.15, 0.2) is 5.65 Å². The van der Waals surface area contributed by atoms with Crippen LogP contribution in [-0.2, 0) is 4.79 Å². The van der Waals surface area contributed by atoms with Gasteiger partial charge in [0.1, 0.15) is 11.6 Å². The summed E-state index contributed by atoms with van der Waals surface area (Å²) in [6.45, 7) is 4.50. The molecule has 3 aromatic rings. The third-order valence-electron chi connectivity index (χ3n) is 4.85. The van der Waals surface area contributed by atoms with Crippen molar-refractivity contribution in [3.05, 3.63) is 24.3 Å². The number of nitrogens with one attached hydrogen (secondary N) is 1. The molecule has 124 valence electrons. The maximum Gasteiger partial charge on any atom is 0.308 e. The molecule has 7 heteroatoms. The number of fused-ring (bicyclic) bond motifs is 3. The molecule has 0 aromatic carbocycles. The molecule has 0 saturated carbocycles. The third kappa shape index (κ3) is 2.28. The molecule has 0 amide bonds. The number of carboxylic acids is 1. The zero-order chi connectivity index (χ0) is 16.8. The monoisotopic (exact) mass is 325 g/mol. The summed E-state index contributed by atoms with van der Waals surface area (Å²) in [5, 5.41) is 11.3. The van der Waals surface area contributed by atoms with E-state index >= 15 is 0 Å².